The fourth-order valence-corrected chi connectivity index (χ4v) is 3.07. The van der Waals surface area contributed by atoms with E-state index in [2.05, 4.69) is 25.8 Å². The smallest absolute Gasteiger partial charge is 0.239 e. The van der Waals surface area contributed by atoms with E-state index < -0.39 is 0 Å². The summed E-state index contributed by atoms with van der Waals surface area (Å²) in [5.41, 5.74) is 0. The van der Waals surface area contributed by atoms with Crippen LogP contribution >= 0.6 is 0 Å². The Hall–Kier alpha value is -1.34. The van der Waals surface area contributed by atoms with Gasteiger partial charge in [-0.15, -0.1) is 0 Å². The van der Waals surface area contributed by atoms with Crippen LogP contribution < -0.4 is 16.0 Å². The molecule has 23 heavy (non-hydrogen) atoms. The van der Waals surface area contributed by atoms with Gasteiger partial charge in [-0.1, -0.05) is 19.3 Å². The molecule has 2 rings (SSSR count). The Morgan fingerprint density at radius 1 is 1.17 bits per heavy atom. The lowest BCUT2D eigenvalue weighted by Gasteiger charge is -2.26. The first-order valence-electron chi connectivity index (χ1n) is 8.82. The maximum atomic E-state index is 12.0. The summed E-state index contributed by atoms with van der Waals surface area (Å²) in [4.78, 5) is 18.5. The topological polar surface area (TPSA) is 78.0 Å². The summed E-state index contributed by atoms with van der Waals surface area (Å²) >= 11 is 0. The minimum absolute atomic E-state index is 0.0491. The van der Waals surface area contributed by atoms with Gasteiger partial charge in [-0.2, -0.15) is 0 Å². The number of amides is 1. The number of nitrogens with zero attached hydrogens (tertiary/aromatic N) is 2. The van der Waals surface area contributed by atoms with Crippen molar-refractivity contribution in [3.8, 4) is 0 Å². The SMILES string of the molecule is CN=C(NCCN1CCOCC1)NCC(=O)NC1CCCCC1. The fourth-order valence-electron chi connectivity index (χ4n) is 3.07. The predicted octanol–water partition coefficient (Wildman–Crippen LogP) is -0.0675. The average Bonchev–Trinajstić information content (AvgIpc) is 2.59. The quantitative estimate of drug-likeness (QED) is 0.471. The van der Waals surface area contributed by atoms with Crippen LogP contribution in [0.25, 0.3) is 0 Å². The molecular formula is C16H31N5O2. The minimum Gasteiger partial charge on any atom is -0.379 e. The second kappa shape index (κ2) is 10.4. The van der Waals surface area contributed by atoms with Crippen LogP contribution in [0.5, 0.6) is 0 Å². The summed E-state index contributed by atoms with van der Waals surface area (Å²) in [6.07, 6.45) is 5.97. The highest BCUT2D eigenvalue weighted by molar-refractivity contribution is 5.86. The number of ether oxygens (including phenoxy) is 1. The van der Waals surface area contributed by atoms with Gasteiger partial charge in [-0.05, 0) is 12.8 Å². The van der Waals surface area contributed by atoms with E-state index in [9.17, 15) is 4.79 Å². The van der Waals surface area contributed by atoms with Crippen LogP contribution in [0.1, 0.15) is 32.1 Å². The molecule has 7 heteroatoms. The first-order valence-corrected chi connectivity index (χ1v) is 8.82. The zero-order valence-electron chi connectivity index (χ0n) is 14.3. The minimum atomic E-state index is 0.0491. The lowest BCUT2D eigenvalue weighted by atomic mass is 9.95. The molecule has 0 atom stereocenters. The molecule has 1 aliphatic heterocycles. The van der Waals surface area contributed by atoms with E-state index in [1.165, 1.54) is 19.3 Å². The van der Waals surface area contributed by atoms with Crippen LogP contribution in [-0.4, -0.2) is 75.8 Å². The molecule has 1 heterocycles. The van der Waals surface area contributed by atoms with Crippen molar-refractivity contribution in [2.24, 2.45) is 4.99 Å². The molecule has 0 aromatic carbocycles. The van der Waals surface area contributed by atoms with Gasteiger partial charge in [0.1, 0.15) is 0 Å². The van der Waals surface area contributed by atoms with E-state index in [-0.39, 0.29) is 12.5 Å². The number of carbonyl (C=O) groups excluding carboxylic acids is 1. The molecule has 0 spiro atoms. The fraction of sp³-hybridized carbons (Fsp3) is 0.875. The highest BCUT2D eigenvalue weighted by Gasteiger charge is 2.15. The van der Waals surface area contributed by atoms with Crippen LogP contribution in [0.3, 0.4) is 0 Å². The summed E-state index contributed by atoms with van der Waals surface area (Å²) in [6, 6.07) is 0.356. The van der Waals surface area contributed by atoms with Gasteiger partial charge in [0, 0.05) is 39.3 Å². The molecule has 2 aliphatic rings. The van der Waals surface area contributed by atoms with Gasteiger partial charge in [0.15, 0.2) is 5.96 Å². The van der Waals surface area contributed by atoms with Crippen molar-refractivity contribution in [1.82, 2.24) is 20.9 Å². The highest BCUT2D eigenvalue weighted by atomic mass is 16.5. The molecule has 2 fully saturated rings. The van der Waals surface area contributed by atoms with Gasteiger partial charge in [0.2, 0.25) is 5.91 Å². The first-order chi connectivity index (χ1) is 11.3. The molecule has 0 aromatic heterocycles. The van der Waals surface area contributed by atoms with Gasteiger partial charge in [-0.25, -0.2) is 0 Å². The van der Waals surface area contributed by atoms with Gasteiger partial charge in [0.25, 0.3) is 0 Å². The number of carbonyl (C=O) groups is 1. The third kappa shape index (κ3) is 7.18. The Morgan fingerprint density at radius 3 is 2.61 bits per heavy atom. The maximum Gasteiger partial charge on any atom is 0.239 e. The number of rotatable bonds is 6. The van der Waals surface area contributed by atoms with Crippen LogP contribution in [-0.2, 0) is 9.53 Å². The predicted molar refractivity (Wildman–Crippen MR) is 91.6 cm³/mol. The van der Waals surface area contributed by atoms with Crippen molar-refractivity contribution < 1.29 is 9.53 Å². The number of aliphatic imine (C=N–C) groups is 1. The molecule has 1 saturated carbocycles. The van der Waals surface area contributed by atoms with Crippen LogP contribution in [0.2, 0.25) is 0 Å². The Morgan fingerprint density at radius 2 is 1.91 bits per heavy atom. The second-order valence-electron chi connectivity index (χ2n) is 6.21. The zero-order valence-corrected chi connectivity index (χ0v) is 14.3. The Kier molecular flexibility index (Phi) is 8.17. The molecule has 3 N–H and O–H groups in total. The lowest BCUT2D eigenvalue weighted by molar-refractivity contribution is -0.120. The van der Waals surface area contributed by atoms with Gasteiger partial charge in [-0.3, -0.25) is 14.7 Å². The summed E-state index contributed by atoms with van der Waals surface area (Å²) in [5, 5.41) is 9.43. The summed E-state index contributed by atoms with van der Waals surface area (Å²) in [6.45, 7) is 5.63. The Bertz CT molecular complexity index is 377. The maximum absolute atomic E-state index is 12.0. The van der Waals surface area contributed by atoms with Crippen molar-refractivity contribution >= 4 is 11.9 Å². The number of hydrogen-bond donors (Lipinski definition) is 3. The number of hydrogen-bond acceptors (Lipinski definition) is 4. The Balaban J connectivity index is 1.57. The molecule has 132 valence electrons. The monoisotopic (exact) mass is 325 g/mol. The molecule has 0 bridgehead atoms. The molecule has 1 saturated heterocycles. The molecule has 1 amide bonds. The van der Waals surface area contributed by atoms with E-state index >= 15 is 0 Å². The van der Waals surface area contributed by atoms with Crippen molar-refractivity contribution in [1.29, 1.82) is 0 Å². The van der Waals surface area contributed by atoms with E-state index in [0.717, 1.165) is 52.2 Å². The first kappa shape index (κ1) is 18.0. The number of nitrogens with one attached hydrogen (secondary N) is 3. The van der Waals surface area contributed by atoms with Crippen molar-refractivity contribution in [3.05, 3.63) is 0 Å². The molecule has 0 unspecified atom stereocenters. The van der Waals surface area contributed by atoms with Gasteiger partial charge in [0.05, 0.1) is 19.8 Å². The highest BCUT2D eigenvalue weighted by Crippen LogP contribution is 2.16. The van der Waals surface area contributed by atoms with Crippen molar-refractivity contribution in [2.75, 3.05) is 53.0 Å². The van der Waals surface area contributed by atoms with Gasteiger partial charge < -0.3 is 20.7 Å². The van der Waals surface area contributed by atoms with E-state index in [0.29, 0.717) is 12.0 Å². The lowest BCUT2D eigenvalue weighted by Crippen LogP contribution is -2.48. The molecule has 1 aliphatic carbocycles. The molecule has 0 aromatic rings. The Labute approximate surface area is 139 Å². The standard InChI is InChI=1S/C16H31N5O2/c1-17-16(18-7-8-21-9-11-23-12-10-21)19-13-15(22)20-14-5-3-2-4-6-14/h14H,2-13H2,1H3,(H,20,22)(H2,17,18,19). The summed E-state index contributed by atoms with van der Waals surface area (Å²) in [7, 11) is 1.73. The molecule has 0 radical (unpaired) electrons. The van der Waals surface area contributed by atoms with E-state index in [1.807, 2.05) is 0 Å². The van der Waals surface area contributed by atoms with Gasteiger partial charge >= 0.3 is 0 Å². The second-order valence-corrected chi connectivity index (χ2v) is 6.21. The number of morpholine rings is 1. The average molecular weight is 325 g/mol. The van der Waals surface area contributed by atoms with Crippen LogP contribution in [0, 0.1) is 0 Å². The summed E-state index contributed by atoms with van der Waals surface area (Å²) in [5.74, 6) is 0.727. The zero-order chi connectivity index (χ0) is 16.3. The van der Waals surface area contributed by atoms with Crippen LogP contribution in [0.4, 0.5) is 0 Å². The molecular weight excluding hydrogens is 294 g/mol. The van der Waals surface area contributed by atoms with Crippen LogP contribution in [0.15, 0.2) is 4.99 Å². The summed E-state index contributed by atoms with van der Waals surface area (Å²) < 4.78 is 5.33. The van der Waals surface area contributed by atoms with Crippen molar-refractivity contribution in [2.45, 2.75) is 38.1 Å². The largest absolute Gasteiger partial charge is 0.379 e. The molecule has 7 nitrogen and oxygen atoms in total. The third-order valence-electron chi connectivity index (χ3n) is 4.43. The van der Waals surface area contributed by atoms with E-state index in [1.54, 1.807) is 7.05 Å². The normalized spacial score (nSPS) is 21.0. The third-order valence-corrected chi connectivity index (χ3v) is 4.43. The number of guanidine groups is 1. The van der Waals surface area contributed by atoms with Crippen molar-refractivity contribution in [3.63, 3.8) is 0 Å². The van der Waals surface area contributed by atoms with E-state index in [4.69, 9.17) is 4.74 Å².